The number of aliphatic carboxylic acids is 1. The van der Waals surface area contributed by atoms with E-state index >= 15 is 0 Å². The molecule has 0 spiro atoms. The van der Waals surface area contributed by atoms with Gasteiger partial charge in [0.2, 0.25) is 0 Å². The van der Waals surface area contributed by atoms with Crippen LogP contribution in [0.15, 0.2) is 18.5 Å². The number of hydrogen-bond donors (Lipinski definition) is 1. The van der Waals surface area contributed by atoms with Crippen molar-refractivity contribution < 1.29 is 14.6 Å². The topological polar surface area (TPSA) is 59.4 Å². The first-order chi connectivity index (χ1) is 7.63. The molecule has 1 unspecified atom stereocenters. The second kappa shape index (κ2) is 6.10. The maximum Gasteiger partial charge on any atom is 0.306 e. The van der Waals surface area contributed by atoms with Crippen molar-refractivity contribution in [2.24, 2.45) is 5.92 Å². The molecule has 0 aromatic carbocycles. The molecule has 0 aliphatic heterocycles. The first-order valence-corrected chi connectivity index (χ1v) is 5.43. The summed E-state index contributed by atoms with van der Waals surface area (Å²) in [6, 6.07) is 1.85. The molecule has 1 atom stereocenters. The Balaban J connectivity index is 2.63. The molecule has 0 aliphatic rings. The molecule has 0 saturated carbocycles. The Labute approximate surface area is 95.3 Å². The summed E-state index contributed by atoms with van der Waals surface area (Å²) in [5, 5.41) is 8.80. The maximum atomic E-state index is 10.7. The number of carboxylic acid groups (broad SMARTS) is 1. The van der Waals surface area contributed by atoms with E-state index in [4.69, 9.17) is 9.84 Å². The number of carboxylic acids is 1. The number of carbonyl (C=O) groups is 1. The summed E-state index contributed by atoms with van der Waals surface area (Å²) in [4.78, 5) is 14.7. The van der Waals surface area contributed by atoms with Crippen molar-refractivity contribution in [1.29, 1.82) is 0 Å². The molecule has 4 heteroatoms. The van der Waals surface area contributed by atoms with Gasteiger partial charge >= 0.3 is 5.97 Å². The highest BCUT2D eigenvalue weighted by Crippen LogP contribution is 2.15. The van der Waals surface area contributed by atoms with Gasteiger partial charge in [-0.15, -0.1) is 0 Å². The fraction of sp³-hybridized carbons (Fsp3) is 0.500. The molecule has 16 heavy (non-hydrogen) atoms. The standard InChI is InChI=1S/C12H17NO3/c1-3-4-16-11-6-10(7-13-8-11)5-9(2)12(14)15/h6-9H,3-5H2,1-2H3,(H,14,15). The summed E-state index contributed by atoms with van der Waals surface area (Å²) >= 11 is 0. The van der Waals surface area contributed by atoms with Gasteiger partial charge in [-0.3, -0.25) is 9.78 Å². The van der Waals surface area contributed by atoms with Crippen molar-refractivity contribution in [3.8, 4) is 5.75 Å². The number of hydrogen-bond acceptors (Lipinski definition) is 3. The van der Waals surface area contributed by atoms with Gasteiger partial charge < -0.3 is 9.84 Å². The third-order valence-electron chi connectivity index (χ3n) is 2.21. The minimum atomic E-state index is -0.792. The molecule has 0 fully saturated rings. The zero-order valence-electron chi connectivity index (χ0n) is 9.64. The van der Waals surface area contributed by atoms with E-state index in [2.05, 4.69) is 4.98 Å². The monoisotopic (exact) mass is 223 g/mol. The second-order valence-electron chi connectivity index (χ2n) is 3.82. The van der Waals surface area contributed by atoms with Crippen molar-refractivity contribution in [1.82, 2.24) is 4.98 Å². The average Bonchev–Trinajstić information content (AvgIpc) is 2.26. The predicted molar refractivity (Wildman–Crippen MR) is 60.5 cm³/mol. The summed E-state index contributed by atoms with van der Waals surface area (Å²) in [6.07, 6.45) is 4.74. The van der Waals surface area contributed by atoms with Crippen LogP contribution in [0.3, 0.4) is 0 Å². The van der Waals surface area contributed by atoms with Gasteiger partial charge in [-0.25, -0.2) is 0 Å². The number of ether oxygens (including phenoxy) is 1. The average molecular weight is 223 g/mol. The Morgan fingerprint density at radius 1 is 1.56 bits per heavy atom. The van der Waals surface area contributed by atoms with Crippen molar-refractivity contribution >= 4 is 5.97 Å². The lowest BCUT2D eigenvalue weighted by atomic mass is 10.0. The quantitative estimate of drug-likeness (QED) is 0.802. The fourth-order valence-electron chi connectivity index (χ4n) is 1.32. The van der Waals surface area contributed by atoms with Crippen LogP contribution in [-0.2, 0) is 11.2 Å². The smallest absolute Gasteiger partial charge is 0.306 e. The molecule has 1 aromatic heterocycles. The number of rotatable bonds is 6. The predicted octanol–water partition coefficient (Wildman–Crippen LogP) is 2.13. The van der Waals surface area contributed by atoms with Crippen molar-refractivity contribution in [2.75, 3.05) is 6.61 Å². The Kier molecular flexibility index (Phi) is 4.76. The minimum Gasteiger partial charge on any atom is -0.492 e. The van der Waals surface area contributed by atoms with Gasteiger partial charge in [0.25, 0.3) is 0 Å². The van der Waals surface area contributed by atoms with Crippen LogP contribution in [0, 0.1) is 5.92 Å². The summed E-state index contributed by atoms with van der Waals surface area (Å²) < 4.78 is 5.43. The van der Waals surface area contributed by atoms with E-state index in [0.717, 1.165) is 12.0 Å². The summed E-state index contributed by atoms with van der Waals surface area (Å²) in [5.41, 5.74) is 0.892. The molecular weight excluding hydrogens is 206 g/mol. The van der Waals surface area contributed by atoms with Crippen LogP contribution in [0.2, 0.25) is 0 Å². The van der Waals surface area contributed by atoms with Gasteiger partial charge in [-0.2, -0.15) is 0 Å². The highest BCUT2D eigenvalue weighted by Gasteiger charge is 2.12. The van der Waals surface area contributed by atoms with Crippen molar-refractivity contribution in [3.63, 3.8) is 0 Å². The van der Waals surface area contributed by atoms with Crippen LogP contribution in [0.5, 0.6) is 5.75 Å². The lowest BCUT2D eigenvalue weighted by Gasteiger charge is -2.08. The van der Waals surface area contributed by atoms with Crippen LogP contribution >= 0.6 is 0 Å². The summed E-state index contributed by atoms with van der Waals surface area (Å²) in [7, 11) is 0. The SMILES string of the molecule is CCCOc1cncc(CC(C)C(=O)O)c1. The largest absolute Gasteiger partial charge is 0.492 e. The number of aromatic nitrogens is 1. The molecule has 1 heterocycles. The van der Waals surface area contributed by atoms with Crippen molar-refractivity contribution in [3.05, 3.63) is 24.0 Å². The molecule has 0 aliphatic carbocycles. The van der Waals surface area contributed by atoms with Gasteiger partial charge in [0.15, 0.2) is 0 Å². The van der Waals surface area contributed by atoms with E-state index in [0.29, 0.717) is 18.8 Å². The van der Waals surface area contributed by atoms with E-state index in [1.54, 1.807) is 19.3 Å². The van der Waals surface area contributed by atoms with Crippen LogP contribution in [0.1, 0.15) is 25.8 Å². The molecule has 0 bridgehead atoms. The Bertz CT molecular complexity index is 352. The van der Waals surface area contributed by atoms with Gasteiger partial charge in [0.05, 0.1) is 18.7 Å². The zero-order valence-corrected chi connectivity index (χ0v) is 9.64. The van der Waals surface area contributed by atoms with Gasteiger partial charge in [0, 0.05) is 6.20 Å². The Morgan fingerprint density at radius 3 is 2.94 bits per heavy atom. The molecule has 1 rings (SSSR count). The molecule has 0 radical (unpaired) electrons. The zero-order chi connectivity index (χ0) is 12.0. The summed E-state index contributed by atoms with van der Waals surface area (Å²) in [5.74, 6) is -0.486. The normalized spacial score (nSPS) is 12.1. The Hall–Kier alpha value is -1.58. The first kappa shape index (κ1) is 12.5. The van der Waals surface area contributed by atoms with E-state index in [1.807, 2.05) is 13.0 Å². The molecule has 1 N–H and O–H groups in total. The van der Waals surface area contributed by atoms with E-state index in [1.165, 1.54) is 0 Å². The molecular formula is C12H17NO3. The number of nitrogens with zero attached hydrogens (tertiary/aromatic N) is 1. The van der Waals surface area contributed by atoms with Crippen LogP contribution < -0.4 is 4.74 Å². The highest BCUT2D eigenvalue weighted by molar-refractivity contribution is 5.69. The number of pyridine rings is 1. The third-order valence-corrected chi connectivity index (χ3v) is 2.21. The van der Waals surface area contributed by atoms with Gasteiger partial charge in [0.1, 0.15) is 5.75 Å². The maximum absolute atomic E-state index is 10.7. The van der Waals surface area contributed by atoms with Crippen LogP contribution in [0.25, 0.3) is 0 Å². The molecule has 4 nitrogen and oxygen atoms in total. The Morgan fingerprint density at radius 2 is 2.31 bits per heavy atom. The van der Waals surface area contributed by atoms with Gasteiger partial charge in [-0.05, 0) is 24.5 Å². The summed E-state index contributed by atoms with van der Waals surface area (Å²) in [6.45, 7) is 4.37. The van der Waals surface area contributed by atoms with Crippen LogP contribution in [-0.4, -0.2) is 22.7 Å². The first-order valence-electron chi connectivity index (χ1n) is 5.43. The van der Waals surface area contributed by atoms with E-state index in [-0.39, 0.29) is 0 Å². The van der Waals surface area contributed by atoms with E-state index < -0.39 is 11.9 Å². The molecule has 0 amide bonds. The van der Waals surface area contributed by atoms with E-state index in [9.17, 15) is 4.79 Å². The molecule has 88 valence electrons. The second-order valence-corrected chi connectivity index (χ2v) is 3.82. The lowest BCUT2D eigenvalue weighted by molar-refractivity contribution is -0.141. The lowest BCUT2D eigenvalue weighted by Crippen LogP contribution is -2.12. The minimum absolute atomic E-state index is 0.400. The van der Waals surface area contributed by atoms with Crippen molar-refractivity contribution in [2.45, 2.75) is 26.7 Å². The molecule has 1 aromatic rings. The molecule has 0 saturated heterocycles. The van der Waals surface area contributed by atoms with Gasteiger partial charge in [-0.1, -0.05) is 13.8 Å². The highest BCUT2D eigenvalue weighted by atomic mass is 16.5. The fourth-order valence-corrected chi connectivity index (χ4v) is 1.32. The van der Waals surface area contributed by atoms with Crippen LogP contribution in [0.4, 0.5) is 0 Å². The third kappa shape index (κ3) is 3.88.